The summed E-state index contributed by atoms with van der Waals surface area (Å²) in [5.41, 5.74) is 4.95. The van der Waals surface area contributed by atoms with Gasteiger partial charge in [0.2, 0.25) is 0 Å². The Bertz CT molecular complexity index is 1770. The molecule has 20 heteroatoms. The molecular weight excluding hydrogens is 590 g/mol. The summed E-state index contributed by atoms with van der Waals surface area (Å²) in [6, 6.07) is 1.24. The molecule has 6 rings (SSSR count). The zero-order valence-corrected chi connectivity index (χ0v) is 23.0. The summed E-state index contributed by atoms with van der Waals surface area (Å²) in [7, 11) is 0. The fourth-order valence-corrected chi connectivity index (χ4v) is 4.40. The minimum atomic E-state index is -1.19. The van der Waals surface area contributed by atoms with Crippen molar-refractivity contribution in [3.8, 4) is 0 Å². The summed E-state index contributed by atoms with van der Waals surface area (Å²) in [4.78, 5) is 61.5. The minimum Gasteiger partial charge on any atom is -0.394 e. The van der Waals surface area contributed by atoms with Crippen molar-refractivity contribution in [3.63, 3.8) is 0 Å². The highest BCUT2D eigenvalue weighted by Crippen LogP contribution is 2.31. The van der Waals surface area contributed by atoms with Gasteiger partial charge in [-0.2, -0.15) is 0 Å². The van der Waals surface area contributed by atoms with Gasteiger partial charge in [0.1, 0.15) is 42.5 Å². The van der Waals surface area contributed by atoms with E-state index in [-0.39, 0.29) is 24.4 Å². The van der Waals surface area contributed by atoms with Crippen molar-refractivity contribution in [2.24, 2.45) is 0 Å². The molecule has 44 heavy (non-hydrogen) atoms. The highest BCUT2D eigenvalue weighted by atomic mass is 16.6. The van der Waals surface area contributed by atoms with Crippen LogP contribution in [0.3, 0.4) is 0 Å². The third-order valence-electron chi connectivity index (χ3n) is 6.70. The normalized spacial score (nSPS) is 26.1. The smallest absolute Gasteiger partial charge is 0.330 e. The van der Waals surface area contributed by atoms with Crippen LogP contribution in [0.25, 0.3) is 11.2 Å². The number of imidazole rings is 1. The molecule has 7 atom stereocenters. The highest BCUT2D eigenvalue weighted by Gasteiger charge is 2.44. The van der Waals surface area contributed by atoms with Crippen molar-refractivity contribution in [2.45, 2.75) is 56.3 Å². The first-order valence-electron chi connectivity index (χ1n) is 13.0. The number of aryl methyl sites for hydroxylation is 1. The SMILES string of the molecule is Cc1cn([C@H]2C[C@H](O)[C@@H](CO)O2)c(=O)[nH]c1=O.Nc1ncnc2c1ncn2[C@@H]1O[C@H](CO)[C@@H](O)[C@H]1O.O=c1cc[nH]c(=O)[nH]1. The van der Waals surface area contributed by atoms with Crippen LogP contribution in [0.2, 0.25) is 0 Å². The molecule has 20 nitrogen and oxygen atoms in total. The number of H-pyrrole nitrogens is 3. The monoisotopic (exact) mass is 621 g/mol. The Morgan fingerprint density at radius 3 is 2.30 bits per heavy atom. The van der Waals surface area contributed by atoms with Crippen LogP contribution >= 0.6 is 0 Å². The summed E-state index contributed by atoms with van der Waals surface area (Å²) < 4.78 is 13.4. The lowest BCUT2D eigenvalue weighted by atomic mass is 10.1. The van der Waals surface area contributed by atoms with Crippen LogP contribution in [0.1, 0.15) is 24.4 Å². The lowest BCUT2D eigenvalue weighted by Gasteiger charge is -2.16. The number of aliphatic hydroxyl groups is 5. The molecule has 4 aromatic heterocycles. The topological polar surface area (TPSA) is 310 Å². The van der Waals surface area contributed by atoms with Gasteiger partial charge in [0.15, 0.2) is 17.7 Å². The predicted molar refractivity (Wildman–Crippen MR) is 148 cm³/mol. The molecule has 2 aliphatic rings. The molecule has 10 N–H and O–H groups in total. The second-order valence-corrected chi connectivity index (χ2v) is 9.70. The molecule has 0 amide bonds. The zero-order chi connectivity index (χ0) is 32.1. The molecule has 0 spiro atoms. The van der Waals surface area contributed by atoms with E-state index in [4.69, 9.17) is 25.4 Å². The quantitative estimate of drug-likeness (QED) is 0.104. The van der Waals surface area contributed by atoms with Crippen LogP contribution in [-0.4, -0.2) is 108 Å². The Labute approximate surface area is 245 Å². The van der Waals surface area contributed by atoms with Crippen molar-refractivity contribution in [1.29, 1.82) is 0 Å². The molecule has 0 aromatic carbocycles. The number of hydrogen-bond donors (Lipinski definition) is 9. The Kier molecular flexibility index (Phi) is 10.2. The average molecular weight is 622 g/mol. The molecule has 6 heterocycles. The maximum atomic E-state index is 11.6. The van der Waals surface area contributed by atoms with Gasteiger partial charge in [-0.3, -0.25) is 28.7 Å². The Morgan fingerprint density at radius 2 is 1.70 bits per heavy atom. The van der Waals surface area contributed by atoms with Crippen LogP contribution in [0.15, 0.2) is 50.3 Å². The van der Waals surface area contributed by atoms with Crippen LogP contribution < -0.4 is 28.2 Å². The Hall–Kier alpha value is -4.57. The van der Waals surface area contributed by atoms with Gasteiger partial charge in [0, 0.05) is 30.4 Å². The number of nitrogen functional groups attached to an aromatic ring is 1. The van der Waals surface area contributed by atoms with E-state index in [2.05, 4.69) is 24.9 Å². The maximum Gasteiger partial charge on any atom is 0.330 e. The average Bonchev–Trinajstić information content (AvgIpc) is 3.67. The largest absolute Gasteiger partial charge is 0.394 e. The predicted octanol–water partition coefficient (Wildman–Crippen LogP) is -4.43. The molecule has 2 saturated heterocycles. The fourth-order valence-electron chi connectivity index (χ4n) is 4.40. The fraction of sp³-hybridized carbons (Fsp3) is 0.458. The summed E-state index contributed by atoms with van der Waals surface area (Å²) in [5.74, 6) is 0.218. The molecule has 0 saturated carbocycles. The van der Waals surface area contributed by atoms with Crippen molar-refractivity contribution >= 4 is 17.0 Å². The molecule has 0 unspecified atom stereocenters. The maximum absolute atomic E-state index is 11.6. The molecule has 2 aliphatic heterocycles. The molecular formula is C24H31N9O11. The van der Waals surface area contributed by atoms with Crippen molar-refractivity contribution < 1.29 is 35.0 Å². The highest BCUT2D eigenvalue weighted by molar-refractivity contribution is 5.81. The van der Waals surface area contributed by atoms with E-state index < -0.39 is 66.5 Å². The first-order valence-corrected chi connectivity index (χ1v) is 13.0. The number of ether oxygens (including phenoxy) is 2. The van der Waals surface area contributed by atoms with Crippen LogP contribution in [-0.2, 0) is 9.47 Å². The molecule has 0 aliphatic carbocycles. The third-order valence-corrected chi connectivity index (χ3v) is 6.70. The Balaban J connectivity index is 0.000000163. The first kappa shape index (κ1) is 32.3. The number of aromatic amines is 3. The molecule has 0 radical (unpaired) electrons. The summed E-state index contributed by atoms with van der Waals surface area (Å²) in [6.45, 7) is 0.872. The molecule has 4 aromatic rings. The van der Waals surface area contributed by atoms with Gasteiger partial charge >= 0.3 is 11.4 Å². The van der Waals surface area contributed by atoms with Gasteiger partial charge < -0.3 is 45.7 Å². The summed E-state index contributed by atoms with van der Waals surface area (Å²) in [5, 5.41) is 47.2. The number of aliphatic hydroxyl groups excluding tert-OH is 5. The number of nitrogens with one attached hydrogen (secondary N) is 3. The van der Waals surface area contributed by atoms with E-state index in [0.29, 0.717) is 16.7 Å². The van der Waals surface area contributed by atoms with E-state index in [9.17, 15) is 34.5 Å². The third kappa shape index (κ3) is 6.97. The summed E-state index contributed by atoms with van der Waals surface area (Å²) in [6.07, 6.45) is -0.711. The molecule has 0 bridgehead atoms. The van der Waals surface area contributed by atoms with E-state index in [0.717, 1.165) is 0 Å². The van der Waals surface area contributed by atoms with Gasteiger partial charge in [-0.05, 0) is 6.92 Å². The number of nitrogens with two attached hydrogens (primary N) is 1. The van der Waals surface area contributed by atoms with Crippen molar-refractivity contribution in [3.05, 3.63) is 78.4 Å². The van der Waals surface area contributed by atoms with Crippen LogP contribution in [0.4, 0.5) is 5.82 Å². The van der Waals surface area contributed by atoms with Gasteiger partial charge in [0.05, 0.1) is 25.6 Å². The lowest BCUT2D eigenvalue weighted by molar-refractivity contribution is -0.0511. The standard InChI is InChI=1S/C10H13N5O4.C10H14N2O5.C4H4N2O2/c11-8-5-9(13-2-12-8)15(3-14-5)10-7(18)6(17)4(1-16)19-10;1-5-3-12(10(16)11-9(5)15)8-2-6(14)7(4-13)17-8;7-3-1-2-5-4(8)6-3/h2-4,6-7,10,16-18H,1H2,(H2,11,12,13);3,6-8,13-14H,2,4H2,1H3,(H,11,15,16);1-2H,(H2,5,6,7,8)/t4-,6-,7-,10-;6-,7+,8+;/m10./s1. The number of aromatic nitrogens is 8. The number of anilines is 1. The second kappa shape index (κ2) is 13.8. The van der Waals surface area contributed by atoms with Gasteiger partial charge in [-0.1, -0.05) is 0 Å². The molecule has 2 fully saturated rings. The first-order chi connectivity index (χ1) is 20.9. The van der Waals surface area contributed by atoms with E-state index >= 15 is 0 Å². The summed E-state index contributed by atoms with van der Waals surface area (Å²) >= 11 is 0. The number of nitrogens with zero attached hydrogens (tertiary/aromatic N) is 5. The van der Waals surface area contributed by atoms with E-state index in [1.54, 1.807) is 6.92 Å². The van der Waals surface area contributed by atoms with Crippen LogP contribution in [0.5, 0.6) is 0 Å². The van der Waals surface area contributed by atoms with Crippen molar-refractivity contribution in [1.82, 2.24) is 39.0 Å². The van der Waals surface area contributed by atoms with Gasteiger partial charge in [-0.15, -0.1) is 0 Å². The van der Waals surface area contributed by atoms with Gasteiger partial charge in [-0.25, -0.2) is 24.5 Å². The lowest BCUT2D eigenvalue weighted by Crippen LogP contribution is -2.33. The number of rotatable bonds is 4. The van der Waals surface area contributed by atoms with Crippen molar-refractivity contribution in [2.75, 3.05) is 18.9 Å². The van der Waals surface area contributed by atoms with Gasteiger partial charge in [0.25, 0.3) is 11.1 Å². The van der Waals surface area contributed by atoms with E-state index in [1.807, 2.05) is 4.98 Å². The number of fused-ring (bicyclic) bond motifs is 1. The van der Waals surface area contributed by atoms with E-state index in [1.165, 1.54) is 40.2 Å². The zero-order valence-electron chi connectivity index (χ0n) is 23.0. The minimum absolute atomic E-state index is 0.205. The Morgan fingerprint density at radius 1 is 0.977 bits per heavy atom. The number of hydrogen-bond acceptors (Lipinski definition) is 15. The van der Waals surface area contributed by atoms with Crippen LogP contribution in [0, 0.1) is 6.92 Å². The molecule has 238 valence electrons. The second-order valence-electron chi connectivity index (χ2n) is 9.70.